The minimum atomic E-state index is -0.0458. The van der Waals surface area contributed by atoms with Crippen LogP contribution in [0.1, 0.15) is 67.2 Å². The van der Waals surface area contributed by atoms with E-state index in [9.17, 15) is 9.59 Å². The van der Waals surface area contributed by atoms with E-state index in [-0.39, 0.29) is 11.6 Å². The van der Waals surface area contributed by atoms with Gasteiger partial charge in [0.15, 0.2) is 11.6 Å². The number of ketones is 2. The number of carbonyl (C=O) groups is 2. The van der Waals surface area contributed by atoms with E-state index in [2.05, 4.69) is 18.7 Å². The lowest BCUT2D eigenvalue weighted by Gasteiger charge is -2.25. The van der Waals surface area contributed by atoms with E-state index >= 15 is 0 Å². The van der Waals surface area contributed by atoms with Crippen LogP contribution in [0.5, 0.6) is 0 Å². The van der Waals surface area contributed by atoms with Crippen molar-refractivity contribution >= 4 is 39.9 Å². The van der Waals surface area contributed by atoms with Crippen LogP contribution >= 0.6 is 24.0 Å². The molecule has 26 heavy (non-hydrogen) atoms. The van der Waals surface area contributed by atoms with E-state index in [1.807, 2.05) is 0 Å². The lowest BCUT2D eigenvalue weighted by Crippen LogP contribution is -2.30. The second kappa shape index (κ2) is 10.0. The average Bonchev–Trinajstić information content (AvgIpc) is 2.66. The molecule has 0 amide bonds. The van der Waals surface area contributed by atoms with Gasteiger partial charge in [-0.1, -0.05) is 74.9 Å². The van der Waals surface area contributed by atoms with Crippen LogP contribution in [0.15, 0.2) is 35.4 Å². The van der Waals surface area contributed by atoms with Crippen molar-refractivity contribution < 1.29 is 9.59 Å². The molecule has 2 rings (SSSR count). The summed E-state index contributed by atoms with van der Waals surface area (Å²) in [5.41, 5.74) is 2.17. The monoisotopic (exact) mass is 389 g/mol. The Hall–Kier alpha value is -1.46. The molecule has 1 aliphatic rings. The maximum absolute atomic E-state index is 12.8. The fourth-order valence-corrected chi connectivity index (χ4v) is 4.28. The number of thiocarbonyl (C=S) groups is 1. The fourth-order valence-electron chi connectivity index (χ4n) is 2.94. The lowest BCUT2D eigenvalue weighted by atomic mass is 9.85. The molecule has 0 fully saturated rings. The van der Waals surface area contributed by atoms with Gasteiger partial charge >= 0.3 is 0 Å². The summed E-state index contributed by atoms with van der Waals surface area (Å²) in [4.78, 5) is 27.6. The maximum Gasteiger partial charge on any atom is 0.191 e. The van der Waals surface area contributed by atoms with Crippen molar-refractivity contribution in [2.75, 3.05) is 18.8 Å². The number of hydrogen-bond donors (Lipinski definition) is 0. The topological polar surface area (TPSA) is 37.4 Å². The summed E-state index contributed by atoms with van der Waals surface area (Å²) in [6, 6.07) is 7.06. The van der Waals surface area contributed by atoms with Crippen molar-refractivity contribution in [2.45, 2.75) is 46.5 Å². The van der Waals surface area contributed by atoms with Crippen molar-refractivity contribution in [1.29, 1.82) is 0 Å². The van der Waals surface area contributed by atoms with Crippen LogP contribution in [0.3, 0.4) is 0 Å². The summed E-state index contributed by atoms with van der Waals surface area (Å²) < 4.78 is 0.825. The van der Waals surface area contributed by atoms with E-state index in [4.69, 9.17) is 12.2 Å². The molecule has 0 heterocycles. The Labute approximate surface area is 166 Å². The van der Waals surface area contributed by atoms with Gasteiger partial charge in [-0.2, -0.15) is 0 Å². The van der Waals surface area contributed by atoms with Gasteiger partial charge in [-0.15, -0.1) is 0 Å². The first-order chi connectivity index (χ1) is 12.5. The molecule has 0 saturated carbocycles. The minimum absolute atomic E-state index is 0.0401. The molecule has 0 spiro atoms. The number of rotatable bonds is 8. The number of thioether (sulfide) groups is 1. The van der Waals surface area contributed by atoms with Crippen molar-refractivity contribution in [1.82, 2.24) is 4.90 Å². The second-order valence-corrected chi connectivity index (χ2v) is 8.17. The number of Topliss-reactive ketones (excluding diaryl/α,β-unsaturated/α-hetero) is 2. The number of allylic oxidation sites excluding steroid dienone is 1. The third-order valence-electron chi connectivity index (χ3n) is 4.65. The third-order valence-corrected chi connectivity index (χ3v) is 6.19. The molecule has 0 aliphatic heterocycles. The number of nitrogens with zero attached hydrogens (tertiary/aromatic N) is 1. The zero-order valence-corrected chi connectivity index (χ0v) is 17.5. The standard InChI is InChI=1S/C21H27NO2S2/c1-4-6-12-22(13-7-5-2)21(25)26-14-18-15(3)19(23)16-10-8-9-11-17(16)20(18)24/h8-11H,4-7,12-14H2,1-3H3. The van der Waals surface area contributed by atoms with Gasteiger partial charge in [0.2, 0.25) is 0 Å². The van der Waals surface area contributed by atoms with Crippen LogP contribution in [0.2, 0.25) is 0 Å². The molecule has 1 aliphatic carbocycles. The Morgan fingerprint density at radius 3 is 2.08 bits per heavy atom. The van der Waals surface area contributed by atoms with E-state index in [0.29, 0.717) is 28.0 Å². The van der Waals surface area contributed by atoms with Crippen LogP contribution in [0, 0.1) is 0 Å². The highest BCUT2D eigenvalue weighted by atomic mass is 32.2. The fraction of sp³-hybridized carbons (Fsp3) is 0.476. The Morgan fingerprint density at radius 1 is 1.00 bits per heavy atom. The molecule has 0 aromatic heterocycles. The molecule has 0 bridgehead atoms. The molecule has 140 valence electrons. The van der Waals surface area contributed by atoms with Crippen molar-refractivity contribution in [3.63, 3.8) is 0 Å². The Morgan fingerprint density at radius 2 is 1.54 bits per heavy atom. The molecule has 0 radical (unpaired) electrons. The van der Waals surface area contributed by atoms with Gasteiger partial charge in [-0.05, 0) is 19.8 Å². The quantitative estimate of drug-likeness (QED) is 0.564. The van der Waals surface area contributed by atoms with E-state index in [1.54, 1.807) is 31.2 Å². The minimum Gasteiger partial charge on any atom is -0.358 e. The first kappa shape index (κ1) is 20.8. The van der Waals surface area contributed by atoms with E-state index < -0.39 is 0 Å². The number of fused-ring (bicyclic) bond motifs is 1. The van der Waals surface area contributed by atoms with Gasteiger partial charge in [0.1, 0.15) is 4.32 Å². The van der Waals surface area contributed by atoms with E-state index in [1.165, 1.54) is 11.8 Å². The SMILES string of the molecule is CCCCN(CCCC)C(=S)SCC1=C(C)C(=O)c2ccccc2C1=O. The Kier molecular flexibility index (Phi) is 8.04. The Bertz CT molecular complexity index is 716. The molecule has 0 atom stereocenters. The normalized spacial score (nSPS) is 13.8. The smallest absolute Gasteiger partial charge is 0.191 e. The molecular weight excluding hydrogens is 362 g/mol. The van der Waals surface area contributed by atoms with Crippen molar-refractivity contribution in [3.05, 3.63) is 46.5 Å². The largest absolute Gasteiger partial charge is 0.358 e. The molecule has 3 nitrogen and oxygen atoms in total. The highest BCUT2D eigenvalue weighted by Crippen LogP contribution is 2.29. The third kappa shape index (κ3) is 4.83. The molecular formula is C21H27NO2S2. The predicted octanol–water partition coefficient (Wildman–Crippen LogP) is 5.30. The van der Waals surface area contributed by atoms with Gasteiger partial charge in [-0.25, -0.2) is 0 Å². The molecule has 1 aromatic carbocycles. The van der Waals surface area contributed by atoms with Crippen LogP contribution in [0.25, 0.3) is 0 Å². The average molecular weight is 390 g/mol. The highest BCUT2D eigenvalue weighted by molar-refractivity contribution is 8.23. The predicted molar refractivity (Wildman–Crippen MR) is 114 cm³/mol. The first-order valence-corrected chi connectivity index (χ1v) is 10.7. The van der Waals surface area contributed by atoms with Crippen LogP contribution in [-0.4, -0.2) is 39.6 Å². The summed E-state index contributed by atoms with van der Waals surface area (Å²) >= 11 is 7.13. The maximum atomic E-state index is 12.8. The summed E-state index contributed by atoms with van der Waals surface area (Å²) in [6.45, 7) is 8.01. The highest BCUT2D eigenvalue weighted by Gasteiger charge is 2.29. The van der Waals surface area contributed by atoms with Gasteiger partial charge < -0.3 is 4.90 Å². The molecule has 0 saturated heterocycles. The van der Waals surface area contributed by atoms with Crippen molar-refractivity contribution in [3.8, 4) is 0 Å². The zero-order chi connectivity index (χ0) is 19.1. The molecule has 0 unspecified atom stereocenters. The zero-order valence-electron chi connectivity index (χ0n) is 15.8. The van der Waals surface area contributed by atoms with E-state index in [0.717, 1.165) is 43.1 Å². The molecule has 5 heteroatoms. The number of unbranched alkanes of at least 4 members (excludes halogenated alkanes) is 2. The van der Waals surface area contributed by atoms with Crippen LogP contribution in [-0.2, 0) is 0 Å². The second-order valence-electron chi connectivity index (χ2n) is 6.56. The van der Waals surface area contributed by atoms with Gasteiger partial charge in [0, 0.05) is 41.1 Å². The molecule has 0 N–H and O–H groups in total. The summed E-state index contributed by atoms with van der Waals surface area (Å²) in [7, 11) is 0. The van der Waals surface area contributed by atoms with Crippen LogP contribution < -0.4 is 0 Å². The van der Waals surface area contributed by atoms with Gasteiger partial charge in [0.05, 0.1) is 0 Å². The number of benzene rings is 1. The summed E-state index contributed by atoms with van der Waals surface area (Å²) in [5, 5.41) is 0. The van der Waals surface area contributed by atoms with Gasteiger partial charge in [0.25, 0.3) is 0 Å². The summed E-state index contributed by atoms with van der Waals surface area (Å²) in [5.74, 6) is 0.371. The van der Waals surface area contributed by atoms with Gasteiger partial charge in [-0.3, -0.25) is 9.59 Å². The Balaban J connectivity index is 2.09. The van der Waals surface area contributed by atoms with Crippen molar-refractivity contribution in [2.24, 2.45) is 0 Å². The molecule has 1 aromatic rings. The summed E-state index contributed by atoms with van der Waals surface area (Å²) in [6.07, 6.45) is 4.47. The number of carbonyl (C=O) groups excluding carboxylic acids is 2. The van der Waals surface area contributed by atoms with Crippen LogP contribution in [0.4, 0.5) is 0 Å². The number of hydrogen-bond acceptors (Lipinski definition) is 4. The lowest BCUT2D eigenvalue weighted by molar-refractivity contribution is 0.0975. The first-order valence-electron chi connectivity index (χ1n) is 9.31.